The zero-order valence-corrected chi connectivity index (χ0v) is 9.53. The minimum Gasteiger partial charge on any atom is -0.477 e. The van der Waals surface area contributed by atoms with Crippen molar-refractivity contribution in [3.05, 3.63) is 35.0 Å². The Hall–Kier alpha value is -1.36. The quantitative estimate of drug-likeness (QED) is 0.660. The van der Waals surface area contributed by atoms with Crippen molar-refractivity contribution < 1.29 is 14.6 Å². The fraction of sp³-hybridized carbons (Fsp3) is 0.200. The molecule has 0 aliphatic carbocycles. The maximum atomic E-state index is 10.8. The summed E-state index contributed by atoms with van der Waals surface area (Å²) in [5, 5.41) is 8.89. The van der Waals surface area contributed by atoms with Gasteiger partial charge in [0, 0.05) is 10.7 Å². The summed E-state index contributed by atoms with van der Waals surface area (Å²) in [6.07, 6.45) is 3.84. The first kappa shape index (κ1) is 11.7. The van der Waals surface area contributed by atoms with Gasteiger partial charge in [0.2, 0.25) is 5.88 Å². The molecule has 0 aliphatic heterocycles. The normalized spacial score (nSPS) is 9.67. The Bertz CT molecular complexity index is 379. The number of pyridine rings is 1. The van der Waals surface area contributed by atoms with Gasteiger partial charge in [0.05, 0.1) is 6.61 Å². The summed E-state index contributed by atoms with van der Waals surface area (Å²) in [5.41, 5.74) is 0.0495. The molecule has 1 aromatic rings. The van der Waals surface area contributed by atoms with Crippen LogP contribution in [0.3, 0.4) is 0 Å². The van der Waals surface area contributed by atoms with Crippen molar-refractivity contribution in [1.29, 1.82) is 0 Å². The van der Waals surface area contributed by atoms with E-state index >= 15 is 0 Å². The van der Waals surface area contributed by atoms with Gasteiger partial charge < -0.3 is 9.84 Å². The van der Waals surface area contributed by atoms with Gasteiger partial charge in [-0.3, -0.25) is 0 Å². The molecule has 0 unspecified atom stereocenters. The summed E-state index contributed by atoms with van der Waals surface area (Å²) in [4.78, 5) is 14.7. The average molecular weight is 272 g/mol. The van der Waals surface area contributed by atoms with Crippen molar-refractivity contribution in [1.82, 2.24) is 4.98 Å². The number of carbonyl (C=O) groups is 1. The Morgan fingerprint density at radius 1 is 1.73 bits per heavy atom. The molecule has 0 atom stereocenters. The van der Waals surface area contributed by atoms with Gasteiger partial charge in [-0.15, -0.1) is 6.58 Å². The van der Waals surface area contributed by atoms with E-state index in [1.807, 2.05) is 0 Å². The van der Waals surface area contributed by atoms with Crippen LogP contribution in [-0.2, 0) is 0 Å². The molecule has 0 saturated heterocycles. The van der Waals surface area contributed by atoms with Crippen LogP contribution in [0.25, 0.3) is 0 Å². The number of nitrogens with zero attached hydrogens (tertiary/aromatic N) is 1. The second-order valence-corrected chi connectivity index (χ2v) is 3.65. The molecular formula is C10H10BrNO3. The standard InChI is InChI=1S/C10H10BrNO3/c1-2-3-4-15-9-8(10(13)14)5-7(11)6-12-9/h2,5-6H,1,3-4H2,(H,13,14). The average Bonchev–Trinajstić information content (AvgIpc) is 2.20. The minimum absolute atomic E-state index is 0.0495. The molecule has 0 saturated carbocycles. The van der Waals surface area contributed by atoms with E-state index in [1.54, 1.807) is 6.08 Å². The van der Waals surface area contributed by atoms with Crippen LogP contribution >= 0.6 is 15.9 Å². The van der Waals surface area contributed by atoms with Gasteiger partial charge >= 0.3 is 5.97 Å². The molecule has 0 fully saturated rings. The molecule has 1 heterocycles. The maximum absolute atomic E-state index is 10.8. The second-order valence-electron chi connectivity index (χ2n) is 2.74. The van der Waals surface area contributed by atoms with Crippen LogP contribution in [0.4, 0.5) is 0 Å². The zero-order valence-electron chi connectivity index (χ0n) is 7.94. The van der Waals surface area contributed by atoms with Crippen LogP contribution in [0.2, 0.25) is 0 Å². The summed E-state index contributed by atoms with van der Waals surface area (Å²) in [6, 6.07) is 1.46. The third-order valence-electron chi connectivity index (χ3n) is 1.61. The number of carboxylic acid groups (broad SMARTS) is 1. The van der Waals surface area contributed by atoms with E-state index in [2.05, 4.69) is 27.5 Å². The smallest absolute Gasteiger partial charge is 0.341 e. The first-order valence-electron chi connectivity index (χ1n) is 4.27. The lowest BCUT2D eigenvalue weighted by atomic mass is 10.3. The van der Waals surface area contributed by atoms with Gasteiger partial charge in [-0.1, -0.05) is 6.08 Å². The van der Waals surface area contributed by atoms with Crippen LogP contribution in [0.5, 0.6) is 5.88 Å². The Morgan fingerprint density at radius 2 is 2.47 bits per heavy atom. The number of aromatic nitrogens is 1. The predicted molar refractivity (Wildman–Crippen MR) is 59.2 cm³/mol. The Morgan fingerprint density at radius 3 is 3.07 bits per heavy atom. The molecule has 4 nitrogen and oxygen atoms in total. The van der Waals surface area contributed by atoms with Crippen LogP contribution < -0.4 is 4.74 Å². The molecule has 1 aromatic heterocycles. The highest BCUT2D eigenvalue weighted by Gasteiger charge is 2.12. The van der Waals surface area contributed by atoms with E-state index in [0.717, 1.165) is 0 Å². The summed E-state index contributed by atoms with van der Waals surface area (Å²) >= 11 is 3.15. The van der Waals surface area contributed by atoms with E-state index < -0.39 is 5.97 Å². The highest BCUT2D eigenvalue weighted by Crippen LogP contribution is 2.20. The van der Waals surface area contributed by atoms with Crippen LogP contribution in [0.15, 0.2) is 29.4 Å². The maximum Gasteiger partial charge on any atom is 0.341 e. The van der Waals surface area contributed by atoms with Gasteiger partial charge in [0.1, 0.15) is 5.56 Å². The van der Waals surface area contributed by atoms with Crippen LogP contribution in [0.1, 0.15) is 16.8 Å². The van der Waals surface area contributed by atoms with Gasteiger partial charge in [-0.05, 0) is 28.4 Å². The molecule has 80 valence electrons. The SMILES string of the molecule is C=CCCOc1ncc(Br)cc1C(=O)O. The summed E-state index contributed by atoms with van der Waals surface area (Å²) < 4.78 is 5.82. The van der Waals surface area contributed by atoms with E-state index in [4.69, 9.17) is 9.84 Å². The van der Waals surface area contributed by atoms with Crippen molar-refractivity contribution in [3.8, 4) is 5.88 Å². The number of hydrogen-bond acceptors (Lipinski definition) is 3. The molecule has 0 radical (unpaired) electrons. The van der Waals surface area contributed by atoms with Gasteiger partial charge in [-0.2, -0.15) is 0 Å². The molecular weight excluding hydrogens is 262 g/mol. The summed E-state index contributed by atoms with van der Waals surface area (Å²) in [7, 11) is 0. The lowest BCUT2D eigenvalue weighted by Crippen LogP contribution is -2.05. The molecule has 0 aliphatic rings. The van der Waals surface area contributed by atoms with Gasteiger partial charge in [0.25, 0.3) is 0 Å². The molecule has 0 bridgehead atoms. The molecule has 0 amide bonds. The Kier molecular flexibility index (Phi) is 4.30. The highest BCUT2D eigenvalue weighted by molar-refractivity contribution is 9.10. The van der Waals surface area contributed by atoms with E-state index in [0.29, 0.717) is 17.5 Å². The third kappa shape index (κ3) is 3.36. The van der Waals surface area contributed by atoms with Crippen LogP contribution in [-0.4, -0.2) is 22.7 Å². The van der Waals surface area contributed by atoms with Gasteiger partial charge in [-0.25, -0.2) is 9.78 Å². The molecule has 15 heavy (non-hydrogen) atoms. The summed E-state index contributed by atoms with van der Waals surface area (Å²) in [5.74, 6) is -0.926. The topological polar surface area (TPSA) is 59.4 Å². The monoisotopic (exact) mass is 271 g/mol. The summed E-state index contributed by atoms with van der Waals surface area (Å²) in [6.45, 7) is 3.91. The molecule has 5 heteroatoms. The Labute approximate surface area is 95.7 Å². The van der Waals surface area contributed by atoms with E-state index in [9.17, 15) is 4.79 Å². The number of rotatable bonds is 5. The van der Waals surface area contributed by atoms with Crippen molar-refractivity contribution >= 4 is 21.9 Å². The third-order valence-corrected chi connectivity index (χ3v) is 2.04. The number of carboxylic acids is 1. The number of ether oxygens (including phenoxy) is 1. The largest absolute Gasteiger partial charge is 0.477 e. The van der Waals surface area contributed by atoms with Crippen molar-refractivity contribution in [2.24, 2.45) is 0 Å². The lowest BCUT2D eigenvalue weighted by molar-refractivity contribution is 0.0691. The Balaban J connectivity index is 2.85. The molecule has 1 N–H and O–H groups in total. The van der Waals surface area contributed by atoms with Crippen molar-refractivity contribution in [2.75, 3.05) is 6.61 Å². The van der Waals surface area contributed by atoms with Crippen molar-refractivity contribution in [3.63, 3.8) is 0 Å². The van der Waals surface area contributed by atoms with E-state index in [-0.39, 0.29) is 11.4 Å². The highest BCUT2D eigenvalue weighted by atomic mass is 79.9. The molecule has 0 spiro atoms. The number of aromatic carboxylic acids is 1. The first-order chi connectivity index (χ1) is 7.15. The fourth-order valence-electron chi connectivity index (χ4n) is 0.934. The number of halogens is 1. The van der Waals surface area contributed by atoms with E-state index in [1.165, 1.54) is 12.3 Å². The predicted octanol–water partition coefficient (Wildman–Crippen LogP) is 2.50. The van der Waals surface area contributed by atoms with Crippen molar-refractivity contribution in [2.45, 2.75) is 6.42 Å². The lowest BCUT2D eigenvalue weighted by Gasteiger charge is -2.06. The minimum atomic E-state index is -1.06. The fourth-order valence-corrected chi connectivity index (χ4v) is 1.27. The van der Waals surface area contributed by atoms with Crippen LogP contribution in [0, 0.1) is 0 Å². The molecule has 0 aromatic carbocycles. The number of hydrogen-bond donors (Lipinski definition) is 1. The second kappa shape index (κ2) is 5.50. The first-order valence-corrected chi connectivity index (χ1v) is 5.07. The van der Waals surface area contributed by atoms with Gasteiger partial charge in [0.15, 0.2) is 0 Å². The zero-order chi connectivity index (χ0) is 11.3. The molecule has 1 rings (SSSR count).